The van der Waals surface area contributed by atoms with E-state index in [-0.39, 0.29) is 17.7 Å². The average molecular weight is 330 g/mol. The van der Waals surface area contributed by atoms with Crippen LogP contribution in [-0.2, 0) is 4.74 Å². The van der Waals surface area contributed by atoms with Crippen LogP contribution in [0.25, 0.3) is 11.0 Å². The normalized spacial score (nSPS) is 19.1. The average Bonchev–Trinajstić information content (AvgIpc) is 2.79. The fourth-order valence-corrected chi connectivity index (χ4v) is 3.09. The zero-order chi connectivity index (χ0) is 17.2. The number of rotatable bonds is 2. The van der Waals surface area contributed by atoms with Crippen molar-refractivity contribution in [1.82, 2.24) is 15.3 Å². The molecule has 6 nitrogen and oxygen atoms in total. The van der Waals surface area contributed by atoms with Gasteiger partial charge in [0.25, 0.3) is 0 Å². The second-order valence-electron chi connectivity index (χ2n) is 7.42. The van der Waals surface area contributed by atoms with E-state index in [4.69, 9.17) is 4.74 Å². The number of nitrogens with one attached hydrogen (secondary N) is 2. The third-order valence-corrected chi connectivity index (χ3v) is 4.13. The molecule has 0 aromatic carbocycles. The zero-order valence-corrected chi connectivity index (χ0v) is 14.6. The minimum atomic E-state index is -0.341. The highest BCUT2D eigenvalue weighted by molar-refractivity contribution is 5.89. The van der Waals surface area contributed by atoms with E-state index in [1.807, 2.05) is 45.3 Å². The topological polar surface area (TPSA) is 70.2 Å². The molecule has 1 atom stereocenters. The van der Waals surface area contributed by atoms with Gasteiger partial charge < -0.3 is 19.9 Å². The number of carbonyl (C=O) groups excluding carboxylic acids is 1. The molecule has 1 amide bonds. The van der Waals surface area contributed by atoms with Crippen LogP contribution in [0, 0.1) is 0 Å². The summed E-state index contributed by atoms with van der Waals surface area (Å²) in [6, 6.07) is 3.95. The Hall–Kier alpha value is -2.24. The van der Waals surface area contributed by atoms with Gasteiger partial charge in [-0.2, -0.15) is 0 Å². The fourth-order valence-electron chi connectivity index (χ4n) is 3.09. The van der Waals surface area contributed by atoms with Gasteiger partial charge in [-0.05, 0) is 52.2 Å². The molecule has 2 aromatic rings. The Morgan fingerprint density at radius 1 is 1.42 bits per heavy atom. The minimum Gasteiger partial charge on any atom is -0.444 e. The van der Waals surface area contributed by atoms with E-state index in [0.717, 1.165) is 42.5 Å². The van der Waals surface area contributed by atoms with Crippen molar-refractivity contribution in [3.63, 3.8) is 0 Å². The molecule has 0 spiro atoms. The van der Waals surface area contributed by atoms with Crippen LogP contribution in [0.4, 0.5) is 10.5 Å². The smallest absolute Gasteiger partial charge is 0.407 e. The molecule has 2 N–H and O–H groups in total. The number of anilines is 1. The van der Waals surface area contributed by atoms with Crippen molar-refractivity contribution in [2.75, 3.05) is 18.0 Å². The van der Waals surface area contributed by atoms with Crippen molar-refractivity contribution in [1.29, 1.82) is 0 Å². The quantitative estimate of drug-likeness (QED) is 0.885. The lowest BCUT2D eigenvalue weighted by Crippen LogP contribution is -2.44. The molecule has 1 fully saturated rings. The van der Waals surface area contributed by atoms with E-state index >= 15 is 0 Å². The SMILES string of the molecule is CC(C)(C)NC(=O)OC1CCCCN(c2c[nH]c3cccnc23)C1. The lowest BCUT2D eigenvalue weighted by atomic mass is 10.1. The van der Waals surface area contributed by atoms with E-state index in [2.05, 4.69) is 20.2 Å². The highest BCUT2D eigenvalue weighted by atomic mass is 16.6. The van der Waals surface area contributed by atoms with Crippen molar-refractivity contribution >= 4 is 22.8 Å². The summed E-state index contributed by atoms with van der Waals surface area (Å²) < 4.78 is 5.67. The molecule has 130 valence electrons. The maximum atomic E-state index is 12.1. The van der Waals surface area contributed by atoms with Gasteiger partial charge >= 0.3 is 6.09 Å². The number of alkyl carbamates (subject to hydrolysis) is 1. The van der Waals surface area contributed by atoms with Crippen molar-refractivity contribution < 1.29 is 9.53 Å². The van der Waals surface area contributed by atoms with Crippen LogP contribution >= 0.6 is 0 Å². The largest absolute Gasteiger partial charge is 0.444 e. The van der Waals surface area contributed by atoms with Crippen LogP contribution in [-0.4, -0.2) is 40.8 Å². The first-order valence-electron chi connectivity index (χ1n) is 8.58. The molecule has 6 heteroatoms. The third-order valence-electron chi connectivity index (χ3n) is 4.13. The number of hydrogen-bond acceptors (Lipinski definition) is 4. The van der Waals surface area contributed by atoms with Crippen LogP contribution in [0.15, 0.2) is 24.5 Å². The highest BCUT2D eigenvalue weighted by Gasteiger charge is 2.25. The van der Waals surface area contributed by atoms with Crippen LogP contribution in [0.2, 0.25) is 0 Å². The Morgan fingerprint density at radius 2 is 2.25 bits per heavy atom. The highest BCUT2D eigenvalue weighted by Crippen LogP contribution is 2.27. The molecule has 3 heterocycles. The maximum absolute atomic E-state index is 12.1. The number of nitrogens with zero attached hydrogens (tertiary/aromatic N) is 2. The number of H-pyrrole nitrogens is 1. The van der Waals surface area contributed by atoms with Crippen molar-refractivity contribution in [3.8, 4) is 0 Å². The Balaban J connectivity index is 1.72. The molecule has 1 saturated heterocycles. The van der Waals surface area contributed by atoms with Crippen LogP contribution in [0.1, 0.15) is 40.0 Å². The summed E-state index contributed by atoms with van der Waals surface area (Å²) in [5.74, 6) is 0. The molecule has 1 aliphatic heterocycles. The number of amides is 1. The summed E-state index contributed by atoms with van der Waals surface area (Å²) in [6.45, 7) is 7.49. The Bertz CT molecular complexity index is 704. The predicted octanol–water partition coefficient (Wildman–Crippen LogP) is 3.45. The maximum Gasteiger partial charge on any atom is 0.407 e. The first-order valence-corrected chi connectivity index (χ1v) is 8.58. The van der Waals surface area contributed by atoms with Gasteiger partial charge in [0.2, 0.25) is 0 Å². The van der Waals surface area contributed by atoms with E-state index in [9.17, 15) is 4.79 Å². The van der Waals surface area contributed by atoms with Crippen LogP contribution in [0.3, 0.4) is 0 Å². The van der Waals surface area contributed by atoms with Gasteiger partial charge in [0.05, 0.1) is 17.7 Å². The molecular weight excluding hydrogens is 304 g/mol. The fraction of sp³-hybridized carbons (Fsp3) is 0.556. The van der Waals surface area contributed by atoms with E-state index in [1.165, 1.54) is 0 Å². The standard InChI is InChI=1S/C18H26N4O2/c1-18(2,3)21-17(23)24-13-7-4-5-10-22(12-13)15-11-20-14-8-6-9-19-16(14)15/h6,8-9,11,13,20H,4-5,7,10,12H2,1-3H3,(H,21,23). The van der Waals surface area contributed by atoms with Gasteiger partial charge in [0.15, 0.2) is 0 Å². The van der Waals surface area contributed by atoms with Crippen molar-refractivity contribution in [3.05, 3.63) is 24.5 Å². The molecular formula is C18H26N4O2. The summed E-state index contributed by atoms with van der Waals surface area (Å²) in [5.41, 5.74) is 2.79. The van der Waals surface area contributed by atoms with Gasteiger partial charge in [0, 0.05) is 24.5 Å². The molecule has 24 heavy (non-hydrogen) atoms. The summed E-state index contributed by atoms with van der Waals surface area (Å²) >= 11 is 0. The number of aromatic amines is 1. The number of aromatic nitrogens is 2. The third kappa shape index (κ3) is 3.99. The van der Waals surface area contributed by atoms with Gasteiger partial charge in [-0.25, -0.2) is 4.79 Å². The molecule has 0 saturated carbocycles. The van der Waals surface area contributed by atoms with E-state index in [1.54, 1.807) is 0 Å². The Labute approximate surface area is 142 Å². The summed E-state index contributed by atoms with van der Waals surface area (Å²) in [7, 11) is 0. The number of carbonyl (C=O) groups is 1. The molecule has 0 radical (unpaired) electrons. The molecule has 3 rings (SSSR count). The molecule has 2 aromatic heterocycles. The first-order chi connectivity index (χ1) is 11.4. The van der Waals surface area contributed by atoms with Gasteiger partial charge in [-0.3, -0.25) is 4.98 Å². The number of fused-ring (bicyclic) bond motifs is 1. The predicted molar refractivity (Wildman–Crippen MR) is 95.3 cm³/mol. The second-order valence-corrected chi connectivity index (χ2v) is 7.42. The lowest BCUT2D eigenvalue weighted by molar-refractivity contribution is 0.0911. The summed E-state index contributed by atoms with van der Waals surface area (Å²) in [4.78, 5) is 22.1. The van der Waals surface area contributed by atoms with Gasteiger partial charge in [0.1, 0.15) is 11.6 Å². The Kier molecular flexibility index (Phi) is 4.64. The number of pyridine rings is 1. The van der Waals surface area contributed by atoms with Crippen LogP contribution in [0.5, 0.6) is 0 Å². The summed E-state index contributed by atoms with van der Waals surface area (Å²) in [6.07, 6.45) is 6.39. The number of hydrogen-bond donors (Lipinski definition) is 2. The zero-order valence-electron chi connectivity index (χ0n) is 14.6. The van der Waals surface area contributed by atoms with E-state index < -0.39 is 0 Å². The van der Waals surface area contributed by atoms with Gasteiger partial charge in [-0.1, -0.05) is 0 Å². The van der Waals surface area contributed by atoms with E-state index in [0.29, 0.717) is 6.54 Å². The van der Waals surface area contributed by atoms with Crippen molar-refractivity contribution in [2.45, 2.75) is 51.7 Å². The van der Waals surface area contributed by atoms with Crippen LogP contribution < -0.4 is 10.2 Å². The van der Waals surface area contributed by atoms with Gasteiger partial charge in [-0.15, -0.1) is 0 Å². The first kappa shape index (κ1) is 16.6. The molecule has 1 aliphatic rings. The van der Waals surface area contributed by atoms with Crippen molar-refractivity contribution in [2.24, 2.45) is 0 Å². The Morgan fingerprint density at radius 3 is 3.04 bits per heavy atom. The monoisotopic (exact) mass is 330 g/mol. The summed E-state index contributed by atoms with van der Waals surface area (Å²) in [5, 5.41) is 2.87. The molecule has 1 unspecified atom stereocenters. The number of ether oxygens (including phenoxy) is 1. The molecule has 0 aliphatic carbocycles. The minimum absolute atomic E-state index is 0.108. The second kappa shape index (κ2) is 6.71. The lowest BCUT2D eigenvalue weighted by Gasteiger charge is -2.27. The molecule has 0 bridgehead atoms.